The van der Waals surface area contributed by atoms with Gasteiger partial charge in [0, 0.05) is 38.3 Å². The fourth-order valence-corrected chi connectivity index (χ4v) is 3.04. The van der Waals surface area contributed by atoms with E-state index in [4.69, 9.17) is 0 Å². The lowest BCUT2D eigenvalue weighted by atomic mass is 9.81. The van der Waals surface area contributed by atoms with E-state index in [1.165, 1.54) is 12.1 Å². The molecule has 0 aliphatic carbocycles. The van der Waals surface area contributed by atoms with E-state index in [0.29, 0.717) is 0 Å². The van der Waals surface area contributed by atoms with Crippen molar-refractivity contribution in [3.05, 3.63) is 39.7 Å². The van der Waals surface area contributed by atoms with Gasteiger partial charge in [-0.05, 0) is 17.0 Å². The van der Waals surface area contributed by atoms with E-state index < -0.39 is 16.4 Å². The number of nitrogens with zero attached hydrogens (tertiary/aromatic N) is 2. The topological polar surface area (TPSA) is 58.4 Å². The summed E-state index contributed by atoms with van der Waals surface area (Å²) in [5.41, 5.74) is 0.262. The van der Waals surface area contributed by atoms with Crippen LogP contribution >= 0.6 is 0 Å². The Morgan fingerprint density at radius 3 is 2.48 bits per heavy atom. The van der Waals surface area contributed by atoms with Crippen LogP contribution in [-0.2, 0) is 0 Å². The maximum atomic E-state index is 13.6. The maximum absolute atomic E-state index is 13.6. The second-order valence-electron chi connectivity index (χ2n) is 6.52. The van der Waals surface area contributed by atoms with E-state index in [2.05, 4.69) is 31.0 Å². The molecule has 1 aromatic carbocycles. The van der Waals surface area contributed by atoms with Gasteiger partial charge in [-0.1, -0.05) is 26.8 Å². The molecule has 1 aromatic rings. The van der Waals surface area contributed by atoms with E-state index in [1.807, 2.05) is 0 Å². The van der Waals surface area contributed by atoms with Gasteiger partial charge in [0.15, 0.2) is 0 Å². The van der Waals surface area contributed by atoms with Crippen molar-refractivity contribution in [2.75, 3.05) is 26.2 Å². The zero-order chi connectivity index (χ0) is 15.6. The molecule has 1 fully saturated rings. The minimum absolute atomic E-state index is 0.0268. The Labute approximate surface area is 124 Å². The van der Waals surface area contributed by atoms with Crippen LogP contribution in [0.3, 0.4) is 0 Å². The molecule has 1 aliphatic rings. The Balaban J connectivity index is 2.41. The molecule has 116 valence electrons. The van der Waals surface area contributed by atoms with Gasteiger partial charge >= 0.3 is 5.69 Å². The summed E-state index contributed by atoms with van der Waals surface area (Å²) in [6.07, 6.45) is 0. The highest BCUT2D eigenvalue weighted by Gasteiger charge is 2.33. The fraction of sp³-hybridized carbons (Fsp3) is 0.600. The van der Waals surface area contributed by atoms with Gasteiger partial charge in [-0.25, -0.2) is 0 Å². The molecule has 5 nitrogen and oxygen atoms in total. The molecular formula is C15H22FN3O2. The first-order valence-corrected chi connectivity index (χ1v) is 7.19. The molecule has 1 heterocycles. The Morgan fingerprint density at radius 1 is 1.33 bits per heavy atom. The normalized spacial score (nSPS) is 18.5. The van der Waals surface area contributed by atoms with Gasteiger partial charge < -0.3 is 5.32 Å². The lowest BCUT2D eigenvalue weighted by Gasteiger charge is -2.42. The van der Waals surface area contributed by atoms with Crippen molar-refractivity contribution in [3.63, 3.8) is 0 Å². The Bertz CT molecular complexity index is 522. The van der Waals surface area contributed by atoms with Gasteiger partial charge in [0.25, 0.3) is 0 Å². The van der Waals surface area contributed by atoms with E-state index >= 15 is 0 Å². The van der Waals surface area contributed by atoms with Gasteiger partial charge in [0.1, 0.15) is 0 Å². The molecule has 0 bridgehead atoms. The van der Waals surface area contributed by atoms with E-state index in [9.17, 15) is 14.5 Å². The first kappa shape index (κ1) is 15.9. The van der Waals surface area contributed by atoms with Crippen LogP contribution in [0, 0.1) is 21.3 Å². The van der Waals surface area contributed by atoms with E-state index in [0.717, 1.165) is 31.7 Å². The highest BCUT2D eigenvalue weighted by atomic mass is 19.1. The van der Waals surface area contributed by atoms with Gasteiger partial charge in [-0.2, -0.15) is 4.39 Å². The van der Waals surface area contributed by atoms with Gasteiger partial charge in [0.2, 0.25) is 5.82 Å². The Kier molecular flexibility index (Phi) is 4.58. The summed E-state index contributed by atoms with van der Waals surface area (Å²) in [6, 6.07) is 4.28. The van der Waals surface area contributed by atoms with Crippen LogP contribution in [0.25, 0.3) is 0 Å². The quantitative estimate of drug-likeness (QED) is 0.688. The average Bonchev–Trinajstić information content (AvgIpc) is 2.40. The number of nitro benzene ring substituents is 1. The van der Waals surface area contributed by atoms with Crippen LogP contribution in [-0.4, -0.2) is 36.0 Å². The monoisotopic (exact) mass is 295 g/mol. The van der Waals surface area contributed by atoms with Gasteiger partial charge in [-0.3, -0.25) is 15.0 Å². The molecule has 0 unspecified atom stereocenters. The highest BCUT2D eigenvalue weighted by molar-refractivity contribution is 5.38. The molecule has 2 rings (SSSR count). The van der Waals surface area contributed by atoms with Crippen molar-refractivity contribution >= 4 is 5.69 Å². The average molecular weight is 295 g/mol. The standard InChI is InChI=1S/C15H22FN3O2/c1-15(2,3)14(18-8-6-17-7-9-18)11-4-5-12(16)13(10-11)19(20)21/h4-5,10,14,17H,6-9H2,1-3H3/t14-/m1/s1. The largest absolute Gasteiger partial charge is 0.314 e. The van der Waals surface area contributed by atoms with Crippen LogP contribution in [0.5, 0.6) is 0 Å². The van der Waals surface area contributed by atoms with Crippen LogP contribution < -0.4 is 5.32 Å². The summed E-state index contributed by atoms with van der Waals surface area (Å²) < 4.78 is 13.6. The fourth-order valence-electron chi connectivity index (χ4n) is 3.04. The summed E-state index contributed by atoms with van der Waals surface area (Å²) in [6.45, 7) is 9.88. The van der Waals surface area contributed by atoms with Crippen molar-refractivity contribution in [3.8, 4) is 0 Å². The number of hydrogen-bond acceptors (Lipinski definition) is 4. The van der Waals surface area contributed by atoms with Crippen LogP contribution in [0.2, 0.25) is 0 Å². The van der Waals surface area contributed by atoms with Crippen molar-refractivity contribution in [1.29, 1.82) is 0 Å². The summed E-state index contributed by atoms with van der Waals surface area (Å²) in [5.74, 6) is -0.781. The van der Waals surface area contributed by atoms with Gasteiger partial charge in [-0.15, -0.1) is 0 Å². The highest BCUT2D eigenvalue weighted by Crippen LogP contribution is 2.39. The smallest absolute Gasteiger partial charge is 0.305 e. The molecule has 1 aliphatic heterocycles. The second kappa shape index (κ2) is 6.07. The molecule has 21 heavy (non-hydrogen) atoms. The minimum Gasteiger partial charge on any atom is -0.314 e. The first-order chi connectivity index (χ1) is 9.80. The molecule has 0 spiro atoms. The molecule has 6 heteroatoms. The van der Waals surface area contributed by atoms with Crippen molar-refractivity contribution in [2.45, 2.75) is 26.8 Å². The van der Waals surface area contributed by atoms with Crippen molar-refractivity contribution < 1.29 is 9.31 Å². The molecule has 0 aromatic heterocycles. The summed E-state index contributed by atoms with van der Waals surface area (Å²) in [4.78, 5) is 12.6. The Hall–Kier alpha value is -1.53. The third-order valence-electron chi connectivity index (χ3n) is 3.82. The Morgan fingerprint density at radius 2 is 1.95 bits per heavy atom. The molecular weight excluding hydrogens is 273 g/mol. The summed E-state index contributed by atoms with van der Waals surface area (Å²) in [7, 11) is 0. The predicted octanol–water partition coefficient (Wildman–Crippen LogP) is 2.73. The zero-order valence-corrected chi connectivity index (χ0v) is 12.7. The third kappa shape index (κ3) is 3.57. The van der Waals surface area contributed by atoms with Crippen LogP contribution in [0.4, 0.5) is 10.1 Å². The van der Waals surface area contributed by atoms with Crippen molar-refractivity contribution in [1.82, 2.24) is 10.2 Å². The number of halogens is 1. The number of piperazine rings is 1. The third-order valence-corrected chi connectivity index (χ3v) is 3.82. The molecule has 0 radical (unpaired) electrons. The van der Waals surface area contributed by atoms with E-state index in [1.54, 1.807) is 6.07 Å². The van der Waals surface area contributed by atoms with Gasteiger partial charge in [0.05, 0.1) is 4.92 Å². The number of hydrogen-bond donors (Lipinski definition) is 1. The molecule has 0 saturated carbocycles. The lowest BCUT2D eigenvalue weighted by molar-refractivity contribution is -0.387. The molecule has 1 N–H and O–H groups in total. The lowest BCUT2D eigenvalue weighted by Crippen LogP contribution is -2.48. The number of nitrogens with one attached hydrogen (secondary N) is 1. The molecule has 1 atom stereocenters. The SMILES string of the molecule is CC(C)(C)[C@@H](c1ccc(F)c([N+](=O)[O-])c1)N1CCNCC1. The minimum atomic E-state index is -0.781. The maximum Gasteiger partial charge on any atom is 0.305 e. The summed E-state index contributed by atoms with van der Waals surface area (Å²) in [5, 5.41) is 14.3. The second-order valence-corrected chi connectivity index (χ2v) is 6.52. The zero-order valence-electron chi connectivity index (χ0n) is 12.7. The number of benzene rings is 1. The summed E-state index contributed by atoms with van der Waals surface area (Å²) >= 11 is 0. The van der Waals surface area contributed by atoms with Crippen molar-refractivity contribution in [2.24, 2.45) is 5.41 Å². The first-order valence-electron chi connectivity index (χ1n) is 7.19. The van der Waals surface area contributed by atoms with Crippen LogP contribution in [0.1, 0.15) is 32.4 Å². The molecule has 1 saturated heterocycles. The number of nitro groups is 1. The van der Waals surface area contributed by atoms with E-state index in [-0.39, 0.29) is 11.5 Å². The predicted molar refractivity (Wildman–Crippen MR) is 79.7 cm³/mol. The number of rotatable bonds is 3. The van der Waals surface area contributed by atoms with Crippen LogP contribution in [0.15, 0.2) is 18.2 Å². The molecule has 0 amide bonds.